The van der Waals surface area contributed by atoms with Gasteiger partial charge in [-0.1, -0.05) is 11.6 Å². The standard InChI is InChI=1S/C21H17ClO7/c1-11(21(24)25-2)28-15-3-4-16-17(8-15)29-18(19(16)23)7-12-5-14(22)6-13-9-26-10-27-20(12)13/h3-8,11H,9-10H2,1-2H3/t11-/m1/s1. The molecule has 29 heavy (non-hydrogen) atoms. The van der Waals surface area contributed by atoms with Crippen LogP contribution < -0.4 is 14.2 Å². The lowest BCUT2D eigenvalue weighted by molar-refractivity contribution is -0.147. The third-order valence-electron chi connectivity index (χ3n) is 4.48. The van der Waals surface area contributed by atoms with E-state index in [0.717, 1.165) is 5.56 Å². The third-order valence-corrected chi connectivity index (χ3v) is 4.70. The predicted molar refractivity (Wildman–Crippen MR) is 103 cm³/mol. The number of rotatable bonds is 4. The van der Waals surface area contributed by atoms with Crippen LogP contribution in [0.3, 0.4) is 0 Å². The second-order valence-corrected chi connectivity index (χ2v) is 6.91. The summed E-state index contributed by atoms with van der Waals surface area (Å²) in [6, 6.07) is 8.21. The number of carbonyl (C=O) groups excluding carboxylic acids is 2. The summed E-state index contributed by atoms with van der Waals surface area (Å²) >= 11 is 6.18. The van der Waals surface area contributed by atoms with Crippen LogP contribution in [0.4, 0.5) is 0 Å². The maximum Gasteiger partial charge on any atom is 0.346 e. The summed E-state index contributed by atoms with van der Waals surface area (Å²) in [5.41, 5.74) is 1.82. The second kappa shape index (κ2) is 7.77. The van der Waals surface area contributed by atoms with E-state index in [1.165, 1.54) is 7.11 Å². The van der Waals surface area contributed by atoms with E-state index in [-0.39, 0.29) is 18.3 Å². The first kappa shape index (κ1) is 19.3. The maximum absolute atomic E-state index is 12.7. The first-order chi connectivity index (χ1) is 14.0. The van der Waals surface area contributed by atoms with Gasteiger partial charge >= 0.3 is 5.97 Å². The molecule has 2 aliphatic rings. The van der Waals surface area contributed by atoms with Gasteiger partial charge in [0.05, 0.1) is 19.3 Å². The van der Waals surface area contributed by atoms with Crippen molar-refractivity contribution in [1.82, 2.24) is 0 Å². The largest absolute Gasteiger partial charge is 0.479 e. The Kier molecular flexibility index (Phi) is 5.17. The molecule has 4 rings (SSSR count). The molecular formula is C21H17ClO7. The molecule has 0 radical (unpaired) electrons. The molecular weight excluding hydrogens is 400 g/mol. The van der Waals surface area contributed by atoms with Gasteiger partial charge in [0.15, 0.2) is 18.7 Å². The number of methoxy groups -OCH3 is 1. The second-order valence-electron chi connectivity index (χ2n) is 6.47. The lowest BCUT2D eigenvalue weighted by Crippen LogP contribution is -2.24. The molecule has 150 valence electrons. The van der Waals surface area contributed by atoms with Crippen molar-refractivity contribution < 1.29 is 33.3 Å². The van der Waals surface area contributed by atoms with Gasteiger partial charge in [-0.3, -0.25) is 4.79 Å². The fourth-order valence-corrected chi connectivity index (χ4v) is 3.37. The van der Waals surface area contributed by atoms with Crippen molar-refractivity contribution in [2.24, 2.45) is 0 Å². The van der Waals surface area contributed by atoms with E-state index in [9.17, 15) is 9.59 Å². The van der Waals surface area contributed by atoms with Gasteiger partial charge in [-0.15, -0.1) is 0 Å². The van der Waals surface area contributed by atoms with Crippen molar-refractivity contribution in [3.63, 3.8) is 0 Å². The Labute approximate surface area is 171 Å². The Balaban J connectivity index is 1.62. The van der Waals surface area contributed by atoms with Crippen LogP contribution in [0.15, 0.2) is 36.1 Å². The van der Waals surface area contributed by atoms with Crippen LogP contribution in [0.5, 0.6) is 17.2 Å². The molecule has 0 amide bonds. The minimum atomic E-state index is -0.789. The number of hydrogen-bond donors (Lipinski definition) is 0. The number of benzene rings is 2. The van der Waals surface area contributed by atoms with Gasteiger partial charge < -0.3 is 23.7 Å². The Morgan fingerprint density at radius 2 is 2.10 bits per heavy atom. The molecule has 0 unspecified atom stereocenters. The Morgan fingerprint density at radius 3 is 2.90 bits per heavy atom. The molecule has 0 N–H and O–H groups in total. The Bertz CT molecular complexity index is 1030. The zero-order valence-corrected chi connectivity index (χ0v) is 16.4. The summed E-state index contributed by atoms with van der Waals surface area (Å²) < 4.78 is 26.8. The molecule has 2 aromatic carbocycles. The van der Waals surface area contributed by atoms with Crippen molar-refractivity contribution in [1.29, 1.82) is 0 Å². The van der Waals surface area contributed by atoms with Crippen LogP contribution in [0, 0.1) is 0 Å². The lowest BCUT2D eigenvalue weighted by atomic mass is 10.1. The Morgan fingerprint density at radius 1 is 1.28 bits per heavy atom. The summed E-state index contributed by atoms with van der Waals surface area (Å²) in [5.74, 6) is 0.701. The SMILES string of the molecule is COC(=O)[C@@H](C)Oc1ccc2c(c1)OC(=Cc1cc(Cl)cc3c1OCOC3)C2=O. The average molecular weight is 417 g/mol. The van der Waals surface area contributed by atoms with Crippen molar-refractivity contribution in [2.75, 3.05) is 13.9 Å². The van der Waals surface area contributed by atoms with Gasteiger partial charge in [0.25, 0.3) is 0 Å². The number of fused-ring (bicyclic) bond motifs is 2. The summed E-state index contributed by atoms with van der Waals surface area (Å²) in [4.78, 5) is 24.3. The van der Waals surface area contributed by atoms with Gasteiger partial charge in [-0.25, -0.2) is 4.79 Å². The van der Waals surface area contributed by atoms with E-state index in [0.29, 0.717) is 40.0 Å². The quantitative estimate of drug-likeness (QED) is 0.554. The number of allylic oxidation sites excluding steroid dienone is 1. The molecule has 1 atom stereocenters. The molecule has 2 aliphatic heterocycles. The predicted octanol–water partition coefficient (Wildman–Crippen LogP) is 3.76. The normalized spacial score (nSPS) is 17.1. The zero-order chi connectivity index (χ0) is 20.5. The molecule has 0 aromatic heterocycles. The zero-order valence-electron chi connectivity index (χ0n) is 15.7. The van der Waals surface area contributed by atoms with Crippen LogP contribution in [-0.2, 0) is 20.9 Å². The number of carbonyl (C=O) groups is 2. The molecule has 0 fully saturated rings. The number of halogens is 1. The van der Waals surface area contributed by atoms with E-state index in [4.69, 9.17) is 30.5 Å². The topological polar surface area (TPSA) is 80.3 Å². The van der Waals surface area contributed by atoms with Gasteiger partial charge in [0.2, 0.25) is 5.78 Å². The van der Waals surface area contributed by atoms with Crippen molar-refractivity contribution in [3.05, 3.63) is 57.8 Å². The smallest absolute Gasteiger partial charge is 0.346 e. The number of Topliss-reactive ketones (excluding diaryl/α,β-unsaturated/α-hetero) is 1. The summed E-state index contributed by atoms with van der Waals surface area (Å²) in [6.45, 7) is 2.07. The fourth-order valence-electron chi connectivity index (χ4n) is 3.12. The molecule has 0 saturated heterocycles. The van der Waals surface area contributed by atoms with Crippen LogP contribution in [0.2, 0.25) is 5.02 Å². The first-order valence-corrected chi connectivity index (χ1v) is 9.20. The van der Waals surface area contributed by atoms with E-state index >= 15 is 0 Å². The van der Waals surface area contributed by atoms with E-state index in [2.05, 4.69) is 4.74 Å². The maximum atomic E-state index is 12.7. The van der Waals surface area contributed by atoms with E-state index in [1.807, 2.05) is 0 Å². The summed E-state index contributed by atoms with van der Waals surface area (Å²) in [7, 11) is 1.29. The number of esters is 1. The highest BCUT2D eigenvalue weighted by Crippen LogP contribution is 2.38. The molecule has 2 heterocycles. The minimum absolute atomic E-state index is 0.124. The van der Waals surface area contributed by atoms with Gasteiger partial charge in [-0.05, 0) is 37.3 Å². The van der Waals surface area contributed by atoms with E-state index < -0.39 is 12.1 Å². The van der Waals surface area contributed by atoms with Gasteiger partial charge in [0.1, 0.15) is 17.2 Å². The average Bonchev–Trinajstić information content (AvgIpc) is 3.02. The minimum Gasteiger partial charge on any atom is -0.479 e. The lowest BCUT2D eigenvalue weighted by Gasteiger charge is -2.20. The monoisotopic (exact) mass is 416 g/mol. The molecule has 2 aromatic rings. The van der Waals surface area contributed by atoms with Gasteiger partial charge in [-0.2, -0.15) is 0 Å². The molecule has 0 saturated carbocycles. The van der Waals surface area contributed by atoms with Crippen LogP contribution in [-0.4, -0.2) is 31.8 Å². The highest BCUT2D eigenvalue weighted by Gasteiger charge is 2.29. The molecule has 0 aliphatic carbocycles. The molecule has 8 heteroatoms. The number of ketones is 1. The molecule has 0 spiro atoms. The first-order valence-electron chi connectivity index (χ1n) is 8.82. The van der Waals surface area contributed by atoms with Crippen molar-refractivity contribution >= 4 is 29.4 Å². The highest BCUT2D eigenvalue weighted by atomic mass is 35.5. The van der Waals surface area contributed by atoms with Crippen molar-refractivity contribution in [3.8, 4) is 17.2 Å². The van der Waals surface area contributed by atoms with Gasteiger partial charge in [0, 0.05) is 22.2 Å². The summed E-state index contributed by atoms with van der Waals surface area (Å²) in [5, 5.41) is 0.500. The molecule has 0 bridgehead atoms. The Hall–Kier alpha value is -3.03. The van der Waals surface area contributed by atoms with Crippen LogP contribution in [0.1, 0.15) is 28.4 Å². The fraction of sp³-hybridized carbons (Fsp3) is 0.238. The van der Waals surface area contributed by atoms with Crippen LogP contribution in [0.25, 0.3) is 6.08 Å². The van der Waals surface area contributed by atoms with Crippen molar-refractivity contribution in [2.45, 2.75) is 19.6 Å². The number of ether oxygens (including phenoxy) is 5. The number of hydrogen-bond acceptors (Lipinski definition) is 7. The van der Waals surface area contributed by atoms with E-state index in [1.54, 1.807) is 43.3 Å². The molecule has 7 nitrogen and oxygen atoms in total. The van der Waals surface area contributed by atoms with Crippen LogP contribution >= 0.6 is 11.6 Å². The third kappa shape index (κ3) is 3.79. The highest BCUT2D eigenvalue weighted by molar-refractivity contribution is 6.31. The summed E-state index contributed by atoms with van der Waals surface area (Å²) in [6.07, 6.45) is 0.804.